The molecule has 0 heterocycles. The van der Waals surface area contributed by atoms with Crippen molar-refractivity contribution >= 4 is 11.9 Å². The van der Waals surface area contributed by atoms with Gasteiger partial charge in [-0.3, -0.25) is 4.79 Å². The van der Waals surface area contributed by atoms with Crippen molar-refractivity contribution in [1.29, 1.82) is 0 Å². The third-order valence-corrected chi connectivity index (χ3v) is 4.25. The molecule has 0 aliphatic heterocycles. The van der Waals surface area contributed by atoms with Crippen molar-refractivity contribution in [2.24, 2.45) is 0 Å². The van der Waals surface area contributed by atoms with Gasteiger partial charge in [0.1, 0.15) is 5.75 Å². The van der Waals surface area contributed by atoms with E-state index in [1.165, 1.54) is 5.56 Å². The number of ketones is 1. The second kappa shape index (κ2) is 6.61. The maximum atomic E-state index is 12.2. The fourth-order valence-electron chi connectivity index (χ4n) is 3.03. The fraction of sp³-hybridized carbons (Fsp3) is 0.250. The SMILES string of the molecule is COc1cccc(C=C2CC(c3ccccc3)CCC2=O)c1. The molecule has 1 saturated carbocycles. The van der Waals surface area contributed by atoms with Gasteiger partial charge in [0.15, 0.2) is 5.78 Å². The molecular formula is C20H20O2. The first-order chi connectivity index (χ1) is 10.8. The van der Waals surface area contributed by atoms with Gasteiger partial charge in [0, 0.05) is 6.42 Å². The molecule has 3 rings (SSSR count). The van der Waals surface area contributed by atoms with Gasteiger partial charge in [-0.05, 0) is 53.7 Å². The van der Waals surface area contributed by atoms with Gasteiger partial charge >= 0.3 is 0 Å². The molecule has 2 aromatic rings. The summed E-state index contributed by atoms with van der Waals surface area (Å²) in [6.07, 6.45) is 4.41. The van der Waals surface area contributed by atoms with E-state index in [0.717, 1.165) is 29.7 Å². The van der Waals surface area contributed by atoms with Gasteiger partial charge in [0.25, 0.3) is 0 Å². The van der Waals surface area contributed by atoms with Crippen molar-refractivity contribution in [2.75, 3.05) is 7.11 Å². The number of hydrogen-bond donors (Lipinski definition) is 0. The topological polar surface area (TPSA) is 26.3 Å². The number of carbonyl (C=O) groups excluding carboxylic acids is 1. The van der Waals surface area contributed by atoms with Gasteiger partial charge in [-0.25, -0.2) is 0 Å². The highest BCUT2D eigenvalue weighted by Gasteiger charge is 2.24. The van der Waals surface area contributed by atoms with Crippen molar-refractivity contribution in [3.8, 4) is 5.75 Å². The van der Waals surface area contributed by atoms with E-state index >= 15 is 0 Å². The predicted molar refractivity (Wildman–Crippen MR) is 89.0 cm³/mol. The number of rotatable bonds is 3. The van der Waals surface area contributed by atoms with Crippen LogP contribution in [0.2, 0.25) is 0 Å². The molecule has 0 amide bonds. The minimum atomic E-state index is 0.273. The van der Waals surface area contributed by atoms with E-state index in [2.05, 4.69) is 24.3 Å². The number of methoxy groups -OCH3 is 1. The van der Waals surface area contributed by atoms with Crippen LogP contribution in [0.1, 0.15) is 36.3 Å². The molecule has 2 nitrogen and oxygen atoms in total. The Kier molecular flexibility index (Phi) is 4.38. The standard InChI is InChI=1S/C20H20O2/c1-22-19-9-5-6-15(13-19)12-18-14-17(10-11-20(18)21)16-7-3-2-4-8-16/h2-9,12-13,17H,10-11,14H2,1H3. The molecule has 0 N–H and O–H groups in total. The van der Waals surface area contributed by atoms with Crippen molar-refractivity contribution < 1.29 is 9.53 Å². The largest absolute Gasteiger partial charge is 0.497 e. The monoisotopic (exact) mass is 292 g/mol. The summed E-state index contributed by atoms with van der Waals surface area (Å²) >= 11 is 0. The van der Waals surface area contributed by atoms with Crippen LogP contribution >= 0.6 is 0 Å². The van der Waals surface area contributed by atoms with E-state index in [1.54, 1.807) is 7.11 Å². The second-order valence-corrected chi connectivity index (χ2v) is 5.72. The van der Waals surface area contributed by atoms with Crippen LogP contribution in [0, 0.1) is 0 Å². The molecule has 2 heteroatoms. The molecule has 1 aliphatic carbocycles. The Morgan fingerprint density at radius 2 is 1.91 bits per heavy atom. The quantitative estimate of drug-likeness (QED) is 0.772. The van der Waals surface area contributed by atoms with Gasteiger partial charge in [-0.1, -0.05) is 42.5 Å². The van der Waals surface area contributed by atoms with E-state index in [0.29, 0.717) is 12.3 Å². The third-order valence-electron chi connectivity index (χ3n) is 4.25. The van der Waals surface area contributed by atoms with Gasteiger partial charge in [-0.15, -0.1) is 0 Å². The molecule has 0 aromatic heterocycles. The summed E-state index contributed by atoms with van der Waals surface area (Å²) in [5, 5.41) is 0. The first-order valence-electron chi connectivity index (χ1n) is 7.69. The van der Waals surface area contributed by atoms with Crippen LogP contribution in [0.5, 0.6) is 5.75 Å². The van der Waals surface area contributed by atoms with Crippen LogP contribution in [0.3, 0.4) is 0 Å². The van der Waals surface area contributed by atoms with Crippen LogP contribution in [0.15, 0.2) is 60.2 Å². The summed E-state index contributed by atoms with van der Waals surface area (Å²) in [7, 11) is 1.66. The number of ether oxygens (including phenoxy) is 1. The Morgan fingerprint density at radius 1 is 1.09 bits per heavy atom. The van der Waals surface area contributed by atoms with Gasteiger partial charge < -0.3 is 4.74 Å². The Bertz CT molecular complexity index is 686. The zero-order valence-electron chi connectivity index (χ0n) is 12.8. The fourth-order valence-corrected chi connectivity index (χ4v) is 3.03. The van der Waals surface area contributed by atoms with E-state index < -0.39 is 0 Å². The van der Waals surface area contributed by atoms with E-state index in [9.17, 15) is 4.79 Å². The molecule has 0 spiro atoms. The summed E-state index contributed by atoms with van der Waals surface area (Å²) < 4.78 is 5.25. The Hall–Kier alpha value is -2.35. The molecule has 2 aromatic carbocycles. The highest BCUT2D eigenvalue weighted by atomic mass is 16.5. The van der Waals surface area contributed by atoms with Gasteiger partial charge in [0.2, 0.25) is 0 Å². The van der Waals surface area contributed by atoms with Crippen LogP contribution in [0.25, 0.3) is 6.08 Å². The average Bonchev–Trinajstić information content (AvgIpc) is 2.58. The number of hydrogen-bond acceptors (Lipinski definition) is 2. The van der Waals surface area contributed by atoms with Crippen LogP contribution in [-0.4, -0.2) is 12.9 Å². The van der Waals surface area contributed by atoms with Crippen LogP contribution in [0.4, 0.5) is 0 Å². The Balaban J connectivity index is 1.85. The molecule has 1 atom stereocenters. The lowest BCUT2D eigenvalue weighted by Gasteiger charge is -2.23. The lowest BCUT2D eigenvalue weighted by Crippen LogP contribution is -2.15. The maximum Gasteiger partial charge on any atom is 0.158 e. The Labute approximate surface area is 131 Å². The number of Topliss-reactive ketones (excluding diaryl/α,β-unsaturated/α-hetero) is 1. The maximum absolute atomic E-state index is 12.2. The molecule has 1 aliphatic rings. The summed E-state index contributed by atoms with van der Waals surface area (Å²) in [5.41, 5.74) is 3.27. The smallest absolute Gasteiger partial charge is 0.158 e. The molecule has 0 saturated heterocycles. The summed E-state index contributed by atoms with van der Waals surface area (Å²) in [5.74, 6) is 1.53. The van der Waals surface area contributed by atoms with Crippen LogP contribution < -0.4 is 4.74 Å². The highest BCUT2D eigenvalue weighted by molar-refractivity contribution is 6.00. The van der Waals surface area contributed by atoms with E-state index in [-0.39, 0.29) is 5.78 Å². The first kappa shape index (κ1) is 14.6. The van der Waals surface area contributed by atoms with Crippen molar-refractivity contribution in [1.82, 2.24) is 0 Å². The van der Waals surface area contributed by atoms with Gasteiger partial charge in [-0.2, -0.15) is 0 Å². The number of benzene rings is 2. The molecule has 1 unspecified atom stereocenters. The van der Waals surface area contributed by atoms with Crippen molar-refractivity contribution in [3.05, 3.63) is 71.3 Å². The minimum Gasteiger partial charge on any atom is -0.497 e. The lowest BCUT2D eigenvalue weighted by atomic mass is 9.80. The van der Waals surface area contributed by atoms with E-state index in [1.807, 2.05) is 36.4 Å². The summed E-state index contributed by atoms with van der Waals surface area (Å²) in [4.78, 5) is 12.2. The Morgan fingerprint density at radius 3 is 2.68 bits per heavy atom. The molecule has 0 radical (unpaired) electrons. The van der Waals surface area contributed by atoms with Crippen molar-refractivity contribution in [3.63, 3.8) is 0 Å². The summed E-state index contributed by atoms with van der Waals surface area (Å²) in [6, 6.07) is 18.3. The predicted octanol–water partition coefficient (Wildman–Crippen LogP) is 4.62. The first-order valence-corrected chi connectivity index (χ1v) is 7.69. The summed E-state index contributed by atoms with van der Waals surface area (Å²) in [6.45, 7) is 0. The molecule has 22 heavy (non-hydrogen) atoms. The van der Waals surface area contributed by atoms with E-state index in [4.69, 9.17) is 4.74 Å². The number of allylic oxidation sites excluding steroid dienone is 1. The molecule has 1 fully saturated rings. The number of carbonyl (C=O) groups is 1. The zero-order chi connectivity index (χ0) is 15.4. The van der Waals surface area contributed by atoms with Gasteiger partial charge in [0.05, 0.1) is 7.11 Å². The normalized spacial score (nSPS) is 20.1. The molecule has 0 bridgehead atoms. The minimum absolute atomic E-state index is 0.273. The molecular weight excluding hydrogens is 272 g/mol. The second-order valence-electron chi connectivity index (χ2n) is 5.72. The third kappa shape index (κ3) is 3.28. The van der Waals surface area contributed by atoms with Crippen LogP contribution in [-0.2, 0) is 4.79 Å². The lowest BCUT2D eigenvalue weighted by molar-refractivity contribution is -0.116. The van der Waals surface area contributed by atoms with Crippen molar-refractivity contribution in [2.45, 2.75) is 25.2 Å². The highest BCUT2D eigenvalue weighted by Crippen LogP contribution is 2.35. The zero-order valence-corrected chi connectivity index (χ0v) is 12.8. The molecule has 112 valence electrons. The average molecular weight is 292 g/mol.